The summed E-state index contributed by atoms with van der Waals surface area (Å²) >= 11 is 0. The average molecular weight is 347 g/mol. The Labute approximate surface area is 155 Å². The fourth-order valence-electron chi connectivity index (χ4n) is 3.54. The van der Waals surface area contributed by atoms with Crippen molar-refractivity contribution >= 4 is 10.8 Å². The summed E-state index contributed by atoms with van der Waals surface area (Å²) < 4.78 is 12.0. The van der Waals surface area contributed by atoms with Gasteiger partial charge in [0.2, 0.25) is 0 Å². The van der Waals surface area contributed by atoms with Crippen molar-refractivity contribution in [3.8, 4) is 11.5 Å². The molecule has 1 unspecified atom stereocenters. The minimum atomic E-state index is 0.157. The van der Waals surface area contributed by atoms with Crippen LogP contribution in [0.25, 0.3) is 10.8 Å². The summed E-state index contributed by atoms with van der Waals surface area (Å²) in [5.41, 5.74) is 1.22. The van der Waals surface area contributed by atoms with Crippen molar-refractivity contribution in [3.05, 3.63) is 72.3 Å². The molecule has 1 fully saturated rings. The predicted octanol–water partition coefficient (Wildman–Crippen LogP) is 5.42. The summed E-state index contributed by atoms with van der Waals surface area (Å²) in [5, 5.41) is 2.41. The van der Waals surface area contributed by atoms with Crippen LogP contribution in [0.3, 0.4) is 0 Å². The Hall–Kier alpha value is -2.36. The quantitative estimate of drug-likeness (QED) is 0.615. The van der Waals surface area contributed by atoms with Gasteiger partial charge in [-0.15, -0.1) is 0 Å². The molecule has 26 heavy (non-hydrogen) atoms. The summed E-state index contributed by atoms with van der Waals surface area (Å²) in [4.78, 5) is 2.48. The molecule has 1 aliphatic rings. The third kappa shape index (κ3) is 3.90. The Kier molecular flexibility index (Phi) is 5.19. The van der Waals surface area contributed by atoms with Crippen molar-refractivity contribution in [3.63, 3.8) is 0 Å². The molecule has 0 aliphatic carbocycles. The molecule has 3 aromatic carbocycles. The minimum Gasteiger partial charge on any atom is -0.457 e. The lowest BCUT2D eigenvalue weighted by atomic mass is 10.1. The number of hydrogen-bond donors (Lipinski definition) is 0. The average Bonchev–Trinajstić information content (AvgIpc) is 2.69. The summed E-state index contributed by atoms with van der Waals surface area (Å²) in [7, 11) is 0. The van der Waals surface area contributed by atoms with Crippen LogP contribution >= 0.6 is 0 Å². The van der Waals surface area contributed by atoms with E-state index >= 15 is 0 Å². The molecule has 3 aromatic rings. The molecule has 0 radical (unpaired) electrons. The van der Waals surface area contributed by atoms with Crippen LogP contribution < -0.4 is 4.74 Å². The van der Waals surface area contributed by atoms with Gasteiger partial charge in [0.25, 0.3) is 0 Å². The maximum absolute atomic E-state index is 6.04. The van der Waals surface area contributed by atoms with Gasteiger partial charge < -0.3 is 9.47 Å². The zero-order chi connectivity index (χ0) is 17.8. The highest BCUT2D eigenvalue weighted by Gasteiger charge is 2.21. The van der Waals surface area contributed by atoms with Crippen LogP contribution in [0, 0.1) is 0 Å². The third-order valence-electron chi connectivity index (χ3n) is 4.90. The van der Waals surface area contributed by atoms with Crippen molar-refractivity contribution < 1.29 is 9.47 Å². The molecule has 0 saturated carbocycles. The SMILES string of the molecule is CCCN1CCOC(c2ccc(Oc3ccc4ccccc4c3)cc2)C1. The predicted molar refractivity (Wildman–Crippen MR) is 106 cm³/mol. The number of ether oxygens (including phenoxy) is 2. The van der Waals surface area contributed by atoms with E-state index in [9.17, 15) is 0 Å². The Bertz CT molecular complexity index is 857. The monoisotopic (exact) mass is 347 g/mol. The molecular formula is C23H25NO2. The molecule has 0 N–H and O–H groups in total. The molecule has 4 rings (SSSR count). The van der Waals surface area contributed by atoms with Crippen molar-refractivity contribution in [1.29, 1.82) is 0 Å². The van der Waals surface area contributed by atoms with Gasteiger partial charge in [-0.2, -0.15) is 0 Å². The fourth-order valence-corrected chi connectivity index (χ4v) is 3.54. The van der Waals surface area contributed by atoms with Gasteiger partial charge in [0, 0.05) is 13.1 Å². The lowest BCUT2D eigenvalue weighted by Crippen LogP contribution is -2.38. The maximum Gasteiger partial charge on any atom is 0.128 e. The van der Waals surface area contributed by atoms with Crippen LogP contribution in [0.4, 0.5) is 0 Å². The Morgan fingerprint density at radius 3 is 2.54 bits per heavy atom. The number of nitrogens with zero attached hydrogens (tertiary/aromatic N) is 1. The highest BCUT2D eigenvalue weighted by atomic mass is 16.5. The van der Waals surface area contributed by atoms with Crippen LogP contribution in [-0.4, -0.2) is 31.1 Å². The summed E-state index contributed by atoms with van der Waals surface area (Å²) in [5.74, 6) is 1.71. The van der Waals surface area contributed by atoms with E-state index in [1.54, 1.807) is 0 Å². The lowest BCUT2D eigenvalue weighted by Gasteiger charge is -2.33. The van der Waals surface area contributed by atoms with Crippen LogP contribution in [0.15, 0.2) is 66.7 Å². The number of benzene rings is 3. The second-order valence-electron chi connectivity index (χ2n) is 6.84. The van der Waals surface area contributed by atoms with Gasteiger partial charge in [-0.25, -0.2) is 0 Å². The second kappa shape index (κ2) is 7.90. The smallest absolute Gasteiger partial charge is 0.128 e. The topological polar surface area (TPSA) is 21.7 Å². The van der Waals surface area contributed by atoms with Crippen molar-refractivity contribution in [2.75, 3.05) is 26.2 Å². The van der Waals surface area contributed by atoms with Crippen LogP contribution in [0.1, 0.15) is 25.0 Å². The van der Waals surface area contributed by atoms with Gasteiger partial charge in [0.1, 0.15) is 11.5 Å². The van der Waals surface area contributed by atoms with Crippen molar-refractivity contribution in [2.24, 2.45) is 0 Å². The van der Waals surface area contributed by atoms with Crippen molar-refractivity contribution in [2.45, 2.75) is 19.4 Å². The zero-order valence-corrected chi connectivity index (χ0v) is 15.2. The molecular weight excluding hydrogens is 322 g/mol. The second-order valence-corrected chi connectivity index (χ2v) is 6.84. The minimum absolute atomic E-state index is 0.157. The molecule has 134 valence electrons. The maximum atomic E-state index is 6.04. The van der Waals surface area contributed by atoms with Crippen LogP contribution in [0.5, 0.6) is 11.5 Å². The molecule has 0 spiro atoms. The number of hydrogen-bond acceptors (Lipinski definition) is 3. The summed E-state index contributed by atoms with van der Waals surface area (Å²) in [6, 6.07) is 22.8. The van der Waals surface area contributed by atoms with Crippen molar-refractivity contribution in [1.82, 2.24) is 4.90 Å². The number of morpholine rings is 1. The number of rotatable bonds is 5. The van der Waals surface area contributed by atoms with Crippen LogP contribution in [0.2, 0.25) is 0 Å². The molecule has 1 saturated heterocycles. The van der Waals surface area contributed by atoms with Gasteiger partial charge in [-0.3, -0.25) is 4.90 Å². The van der Waals surface area contributed by atoms with E-state index in [2.05, 4.69) is 54.3 Å². The van der Waals surface area contributed by atoms with Gasteiger partial charge in [0.15, 0.2) is 0 Å². The van der Waals surface area contributed by atoms with E-state index < -0.39 is 0 Å². The first-order valence-electron chi connectivity index (χ1n) is 9.42. The molecule has 0 amide bonds. The molecule has 1 heterocycles. The normalized spacial score (nSPS) is 18.1. The fraction of sp³-hybridized carbons (Fsp3) is 0.304. The van der Waals surface area contributed by atoms with Gasteiger partial charge in [-0.1, -0.05) is 49.4 Å². The van der Waals surface area contributed by atoms with Gasteiger partial charge in [0.05, 0.1) is 12.7 Å². The Morgan fingerprint density at radius 2 is 1.73 bits per heavy atom. The lowest BCUT2D eigenvalue weighted by molar-refractivity contribution is -0.0298. The van der Waals surface area contributed by atoms with E-state index in [1.165, 1.54) is 22.8 Å². The van der Waals surface area contributed by atoms with Gasteiger partial charge in [-0.05, 0) is 53.6 Å². The molecule has 0 bridgehead atoms. The van der Waals surface area contributed by atoms with E-state index in [0.29, 0.717) is 0 Å². The van der Waals surface area contributed by atoms with Crippen LogP contribution in [-0.2, 0) is 4.74 Å². The first-order valence-corrected chi connectivity index (χ1v) is 9.42. The zero-order valence-electron chi connectivity index (χ0n) is 15.2. The highest BCUT2D eigenvalue weighted by Crippen LogP contribution is 2.28. The third-order valence-corrected chi connectivity index (χ3v) is 4.90. The molecule has 1 aliphatic heterocycles. The summed E-state index contributed by atoms with van der Waals surface area (Å²) in [6.45, 7) is 6.18. The Morgan fingerprint density at radius 1 is 0.962 bits per heavy atom. The molecule has 0 aromatic heterocycles. The standard InChI is InChI=1S/C23H25NO2/c1-2-13-24-14-15-25-23(17-24)19-8-10-21(11-9-19)26-22-12-7-18-5-3-4-6-20(18)16-22/h3-12,16,23H,2,13-15,17H2,1H3. The first kappa shape index (κ1) is 17.1. The van der Waals surface area contributed by atoms with E-state index in [4.69, 9.17) is 9.47 Å². The molecule has 1 atom stereocenters. The largest absolute Gasteiger partial charge is 0.457 e. The number of fused-ring (bicyclic) bond motifs is 1. The highest BCUT2D eigenvalue weighted by molar-refractivity contribution is 5.83. The molecule has 3 nitrogen and oxygen atoms in total. The van der Waals surface area contributed by atoms with E-state index in [0.717, 1.165) is 37.7 Å². The first-order chi connectivity index (χ1) is 12.8. The van der Waals surface area contributed by atoms with Gasteiger partial charge >= 0.3 is 0 Å². The van der Waals surface area contributed by atoms with E-state index in [-0.39, 0.29) is 6.10 Å². The Balaban J connectivity index is 1.45. The van der Waals surface area contributed by atoms with E-state index in [1.807, 2.05) is 24.3 Å². The molecule has 3 heteroatoms. The summed E-state index contributed by atoms with van der Waals surface area (Å²) in [6.07, 6.45) is 1.34.